The van der Waals surface area contributed by atoms with Crippen LogP contribution in [0.2, 0.25) is 0 Å². The fourth-order valence-corrected chi connectivity index (χ4v) is 3.08. The van der Waals surface area contributed by atoms with Crippen LogP contribution in [0.4, 0.5) is 0 Å². The normalized spacial score (nSPS) is 19.0. The first-order valence-electron chi connectivity index (χ1n) is 7.55. The van der Waals surface area contributed by atoms with Gasteiger partial charge in [-0.1, -0.05) is 30.3 Å². The predicted molar refractivity (Wildman–Crippen MR) is 82.5 cm³/mol. The van der Waals surface area contributed by atoms with E-state index in [2.05, 4.69) is 5.32 Å². The highest BCUT2D eigenvalue weighted by Gasteiger charge is 2.33. The summed E-state index contributed by atoms with van der Waals surface area (Å²) in [7, 11) is 0. The Morgan fingerprint density at radius 1 is 1.26 bits per heavy atom. The van der Waals surface area contributed by atoms with Crippen molar-refractivity contribution >= 4 is 5.91 Å². The Bertz CT molecular complexity index is 813. The molecule has 2 aliphatic heterocycles. The molecule has 4 rings (SSSR count). The summed E-state index contributed by atoms with van der Waals surface area (Å²) >= 11 is 0. The van der Waals surface area contributed by atoms with Gasteiger partial charge in [-0.25, -0.2) is 0 Å². The molecule has 6 nitrogen and oxygen atoms in total. The summed E-state index contributed by atoms with van der Waals surface area (Å²) in [6.45, 7) is 1.60. The van der Waals surface area contributed by atoms with Gasteiger partial charge in [0, 0.05) is 18.3 Å². The molecule has 118 valence electrons. The molecule has 23 heavy (non-hydrogen) atoms. The van der Waals surface area contributed by atoms with Crippen molar-refractivity contribution in [2.75, 3.05) is 13.2 Å². The van der Waals surface area contributed by atoms with Gasteiger partial charge in [-0.2, -0.15) is 0 Å². The van der Waals surface area contributed by atoms with Crippen LogP contribution < -0.4 is 15.5 Å². The van der Waals surface area contributed by atoms with Crippen LogP contribution in [0.15, 0.2) is 41.2 Å². The Morgan fingerprint density at radius 3 is 2.91 bits per heavy atom. The van der Waals surface area contributed by atoms with Gasteiger partial charge in [0.05, 0.1) is 19.3 Å². The number of benzene rings is 1. The molecule has 0 radical (unpaired) electrons. The molecule has 1 unspecified atom stereocenters. The molecular formula is C17H16N2O4. The Hall–Kier alpha value is -2.60. The minimum absolute atomic E-state index is 0.00567. The van der Waals surface area contributed by atoms with E-state index in [0.29, 0.717) is 25.5 Å². The lowest BCUT2D eigenvalue weighted by Gasteiger charge is -2.35. The minimum atomic E-state index is -0.288. The van der Waals surface area contributed by atoms with Crippen LogP contribution in [0.25, 0.3) is 0 Å². The van der Waals surface area contributed by atoms with Crippen molar-refractivity contribution < 1.29 is 14.3 Å². The maximum atomic E-state index is 12.4. The second kappa shape index (κ2) is 5.55. The maximum Gasteiger partial charge on any atom is 0.272 e. The number of amides is 1. The summed E-state index contributed by atoms with van der Waals surface area (Å²) in [4.78, 5) is 24.7. The van der Waals surface area contributed by atoms with Crippen molar-refractivity contribution in [1.82, 2.24) is 9.88 Å². The molecule has 2 aromatic rings. The standard InChI is InChI=1S/C17H16N2O4/c20-14-6-12-9-22-10-13-7-18-17(21)15(19(12)13)16(14)23-8-11-4-2-1-3-5-11/h1-6,13H,7-10H2,(H,18,21). The fraction of sp³-hybridized carbons (Fsp3) is 0.294. The zero-order chi connectivity index (χ0) is 15.8. The van der Waals surface area contributed by atoms with E-state index in [1.54, 1.807) is 0 Å². The summed E-state index contributed by atoms with van der Waals surface area (Å²) in [5.41, 5.74) is 1.69. The first kappa shape index (κ1) is 14.0. The van der Waals surface area contributed by atoms with Crippen LogP contribution in [0.3, 0.4) is 0 Å². The average molecular weight is 312 g/mol. The number of nitrogens with zero attached hydrogens (tertiary/aromatic N) is 1. The van der Waals surface area contributed by atoms with E-state index in [1.165, 1.54) is 6.07 Å². The number of nitrogens with one attached hydrogen (secondary N) is 1. The van der Waals surface area contributed by atoms with Gasteiger partial charge in [-0.15, -0.1) is 0 Å². The molecule has 0 spiro atoms. The molecule has 0 aliphatic carbocycles. The second-order valence-electron chi connectivity index (χ2n) is 5.70. The molecule has 0 saturated carbocycles. The average Bonchev–Trinajstić information content (AvgIpc) is 2.58. The van der Waals surface area contributed by atoms with Crippen molar-refractivity contribution in [2.45, 2.75) is 19.3 Å². The predicted octanol–water partition coefficient (Wildman–Crippen LogP) is 1.24. The Labute approximate surface area is 132 Å². The van der Waals surface area contributed by atoms with Crippen LogP contribution in [-0.2, 0) is 18.0 Å². The molecule has 2 aliphatic rings. The van der Waals surface area contributed by atoms with Gasteiger partial charge in [0.15, 0.2) is 11.4 Å². The van der Waals surface area contributed by atoms with Gasteiger partial charge in [0.25, 0.3) is 5.91 Å². The molecule has 1 atom stereocenters. The molecule has 1 aromatic heterocycles. The van der Waals surface area contributed by atoms with E-state index in [4.69, 9.17) is 9.47 Å². The van der Waals surface area contributed by atoms with Crippen molar-refractivity contribution in [3.8, 4) is 5.75 Å². The number of hydrogen-bond acceptors (Lipinski definition) is 4. The van der Waals surface area contributed by atoms with Gasteiger partial charge < -0.3 is 19.4 Å². The Balaban J connectivity index is 1.76. The minimum Gasteiger partial charge on any atom is -0.483 e. The number of rotatable bonds is 3. The molecule has 0 bridgehead atoms. The van der Waals surface area contributed by atoms with E-state index in [9.17, 15) is 9.59 Å². The monoisotopic (exact) mass is 312 g/mol. The van der Waals surface area contributed by atoms with Gasteiger partial charge in [-0.3, -0.25) is 9.59 Å². The van der Waals surface area contributed by atoms with E-state index in [0.717, 1.165) is 11.3 Å². The molecule has 1 amide bonds. The van der Waals surface area contributed by atoms with Crippen LogP contribution in [0.5, 0.6) is 5.75 Å². The van der Waals surface area contributed by atoms with E-state index < -0.39 is 0 Å². The first-order valence-corrected chi connectivity index (χ1v) is 7.55. The summed E-state index contributed by atoms with van der Waals surface area (Å²) in [5.74, 6) is -0.160. The SMILES string of the molecule is O=C1NCC2COCc3cc(=O)c(OCc4ccccc4)c1n32. The highest BCUT2D eigenvalue weighted by molar-refractivity contribution is 5.96. The maximum absolute atomic E-state index is 12.4. The zero-order valence-electron chi connectivity index (χ0n) is 12.5. The highest BCUT2D eigenvalue weighted by Crippen LogP contribution is 2.28. The Kier molecular flexibility index (Phi) is 3.38. The lowest BCUT2D eigenvalue weighted by Crippen LogP contribution is -2.45. The summed E-state index contributed by atoms with van der Waals surface area (Å²) in [5, 5.41) is 2.81. The fourth-order valence-electron chi connectivity index (χ4n) is 3.08. The smallest absolute Gasteiger partial charge is 0.272 e. The molecule has 6 heteroatoms. The molecule has 3 heterocycles. The van der Waals surface area contributed by atoms with Crippen LogP contribution >= 0.6 is 0 Å². The number of carbonyl (C=O) groups is 1. The van der Waals surface area contributed by atoms with Gasteiger partial charge >= 0.3 is 0 Å². The van der Waals surface area contributed by atoms with Gasteiger partial charge in [0.2, 0.25) is 5.43 Å². The van der Waals surface area contributed by atoms with Gasteiger partial charge in [-0.05, 0) is 5.56 Å². The van der Waals surface area contributed by atoms with E-state index in [-0.39, 0.29) is 29.7 Å². The van der Waals surface area contributed by atoms with Gasteiger partial charge in [0.1, 0.15) is 6.61 Å². The number of carbonyl (C=O) groups excluding carboxylic acids is 1. The van der Waals surface area contributed by atoms with Crippen LogP contribution in [0.1, 0.15) is 27.8 Å². The number of aromatic nitrogens is 1. The summed E-state index contributed by atoms with van der Waals surface area (Å²) < 4.78 is 13.1. The van der Waals surface area contributed by atoms with Crippen molar-refractivity contribution in [1.29, 1.82) is 0 Å². The third-order valence-electron chi connectivity index (χ3n) is 4.15. The highest BCUT2D eigenvalue weighted by atomic mass is 16.5. The van der Waals surface area contributed by atoms with E-state index in [1.807, 2.05) is 34.9 Å². The van der Waals surface area contributed by atoms with Crippen molar-refractivity contribution in [3.63, 3.8) is 0 Å². The summed E-state index contributed by atoms with van der Waals surface area (Å²) in [6, 6.07) is 11.1. The van der Waals surface area contributed by atoms with Crippen molar-refractivity contribution in [2.24, 2.45) is 0 Å². The molecule has 1 aromatic carbocycles. The molecule has 0 fully saturated rings. The topological polar surface area (TPSA) is 69.6 Å². The third kappa shape index (κ3) is 2.41. The quantitative estimate of drug-likeness (QED) is 0.926. The zero-order valence-corrected chi connectivity index (χ0v) is 12.5. The van der Waals surface area contributed by atoms with Crippen molar-refractivity contribution in [3.05, 3.63) is 63.6 Å². The first-order chi connectivity index (χ1) is 11.2. The largest absolute Gasteiger partial charge is 0.483 e. The molecular weight excluding hydrogens is 296 g/mol. The number of pyridine rings is 1. The van der Waals surface area contributed by atoms with E-state index >= 15 is 0 Å². The third-order valence-corrected chi connectivity index (χ3v) is 4.15. The van der Waals surface area contributed by atoms with Crippen LogP contribution in [0, 0.1) is 0 Å². The molecule has 1 N–H and O–H groups in total. The lowest BCUT2D eigenvalue weighted by molar-refractivity contribution is 0.0462. The Morgan fingerprint density at radius 2 is 2.09 bits per heavy atom. The second-order valence-corrected chi connectivity index (χ2v) is 5.70. The number of ether oxygens (including phenoxy) is 2. The lowest BCUT2D eigenvalue weighted by atomic mass is 10.1. The molecule has 0 saturated heterocycles. The van der Waals surface area contributed by atoms with Crippen LogP contribution in [-0.4, -0.2) is 23.6 Å². The number of hydrogen-bond donors (Lipinski definition) is 1. The summed E-state index contributed by atoms with van der Waals surface area (Å²) in [6.07, 6.45) is 0.